The maximum absolute atomic E-state index is 4.80. The van der Waals surface area contributed by atoms with E-state index in [1.54, 1.807) is 0 Å². The minimum Gasteiger partial charge on any atom is -0.373 e. The Kier molecular flexibility index (Phi) is 5.34. The summed E-state index contributed by atoms with van der Waals surface area (Å²) in [5, 5.41) is 2.03. The monoisotopic (exact) mass is 260 g/mol. The summed E-state index contributed by atoms with van der Waals surface area (Å²) < 4.78 is 0. The molecule has 0 aliphatic rings. The Hall–Kier alpha value is -1.57. The largest absolute Gasteiger partial charge is 0.373 e. The molecule has 0 atom stereocenters. The summed E-state index contributed by atoms with van der Waals surface area (Å²) in [7, 11) is 2.13. The molecule has 0 aliphatic carbocycles. The maximum atomic E-state index is 4.80. The van der Waals surface area contributed by atoms with Crippen molar-refractivity contribution < 1.29 is 1.43 Å². The molecule has 2 nitrogen and oxygen atoms in total. The van der Waals surface area contributed by atoms with Gasteiger partial charge in [0.2, 0.25) is 0 Å². The van der Waals surface area contributed by atoms with E-state index >= 15 is 0 Å². The van der Waals surface area contributed by atoms with Crippen molar-refractivity contribution in [2.75, 3.05) is 13.6 Å². The Labute approximate surface area is 118 Å². The molecule has 19 heavy (non-hydrogen) atoms. The minimum atomic E-state index is 0. The molecular formula is C17H28N2. The van der Waals surface area contributed by atoms with E-state index in [9.17, 15) is 0 Å². The van der Waals surface area contributed by atoms with Crippen molar-refractivity contribution in [3.63, 3.8) is 0 Å². The lowest BCUT2D eigenvalue weighted by atomic mass is 10.0. The van der Waals surface area contributed by atoms with Gasteiger partial charge in [0.15, 0.2) is 0 Å². The molecule has 0 aromatic carbocycles. The van der Waals surface area contributed by atoms with Gasteiger partial charge in [0, 0.05) is 15.0 Å². The zero-order chi connectivity index (χ0) is 14.6. The molecule has 0 bridgehead atoms. The van der Waals surface area contributed by atoms with Gasteiger partial charge < -0.3 is 4.90 Å². The number of rotatable bonds is 4. The smallest absolute Gasteiger partial charge is 0.0898 e. The van der Waals surface area contributed by atoms with Gasteiger partial charge in [0.1, 0.15) is 0 Å². The summed E-state index contributed by atoms with van der Waals surface area (Å²) in [6.07, 6.45) is 5.31. The third-order valence-electron chi connectivity index (χ3n) is 3.67. The van der Waals surface area contributed by atoms with Gasteiger partial charge in [-0.05, 0) is 50.5 Å². The van der Waals surface area contributed by atoms with Crippen LogP contribution in [-0.4, -0.2) is 23.5 Å². The van der Waals surface area contributed by atoms with Crippen LogP contribution in [0.15, 0.2) is 6.08 Å². The predicted molar refractivity (Wildman–Crippen MR) is 87.3 cm³/mol. The first-order valence-corrected chi connectivity index (χ1v) is 6.98. The first-order chi connectivity index (χ1) is 8.97. The highest BCUT2D eigenvalue weighted by molar-refractivity contribution is 5.64. The number of pyridine rings is 1. The standard InChI is InChI=1S/C17H26N2.H2/c1-8-11-19(7)16(10-3)17-14(6)12(4)13(5)15(9-2)18-17;/h9-10H,5,8,11H2,1-4,6-7H3;1H/b15-9+,16-10-;. The van der Waals surface area contributed by atoms with Crippen LogP contribution in [0.2, 0.25) is 0 Å². The highest BCUT2D eigenvalue weighted by Crippen LogP contribution is 2.19. The molecule has 0 saturated carbocycles. The quantitative estimate of drug-likeness (QED) is 0.827. The lowest BCUT2D eigenvalue weighted by molar-refractivity contribution is 0.474. The first-order valence-electron chi connectivity index (χ1n) is 6.98. The number of aromatic nitrogens is 1. The van der Waals surface area contributed by atoms with E-state index < -0.39 is 0 Å². The highest BCUT2D eigenvalue weighted by Gasteiger charge is 2.12. The molecule has 2 heteroatoms. The molecule has 0 aliphatic heterocycles. The second-order valence-corrected chi connectivity index (χ2v) is 4.96. The lowest BCUT2D eigenvalue weighted by Crippen LogP contribution is -2.33. The first kappa shape index (κ1) is 15.5. The van der Waals surface area contributed by atoms with Crippen molar-refractivity contribution in [2.45, 2.75) is 41.0 Å². The molecule has 0 fully saturated rings. The molecule has 1 aromatic heterocycles. The topological polar surface area (TPSA) is 16.1 Å². The van der Waals surface area contributed by atoms with Gasteiger partial charge in [-0.1, -0.05) is 25.7 Å². The van der Waals surface area contributed by atoms with Gasteiger partial charge in [-0.3, -0.25) is 0 Å². The van der Waals surface area contributed by atoms with Crippen molar-refractivity contribution >= 4 is 18.4 Å². The fourth-order valence-corrected chi connectivity index (χ4v) is 2.35. The van der Waals surface area contributed by atoms with Crippen LogP contribution >= 0.6 is 0 Å². The maximum Gasteiger partial charge on any atom is 0.0898 e. The minimum absolute atomic E-state index is 0. The SMILES string of the molecule is C=c1c(C)c(C)c(/C(=C/C)N(C)CCC)n/c1=C/C.[HH]. The average molecular weight is 260 g/mol. The number of nitrogens with zero attached hydrogens (tertiary/aromatic N) is 2. The van der Waals surface area contributed by atoms with Crippen molar-refractivity contribution in [1.29, 1.82) is 0 Å². The molecular weight excluding hydrogens is 232 g/mol. The van der Waals surface area contributed by atoms with E-state index in [4.69, 9.17) is 4.98 Å². The van der Waals surface area contributed by atoms with Crippen molar-refractivity contribution in [3.8, 4) is 0 Å². The van der Waals surface area contributed by atoms with Gasteiger partial charge in [-0.25, -0.2) is 4.98 Å². The Morgan fingerprint density at radius 1 is 1.32 bits per heavy atom. The van der Waals surface area contributed by atoms with Crippen LogP contribution in [0.4, 0.5) is 0 Å². The summed E-state index contributed by atoms with van der Waals surface area (Å²) in [5.74, 6) is 0. The van der Waals surface area contributed by atoms with E-state index in [-0.39, 0.29) is 1.43 Å². The molecule has 0 unspecified atom stereocenters. The number of allylic oxidation sites excluding steroid dienone is 1. The summed E-state index contributed by atoms with van der Waals surface area (Å²) in [4.78, 5) is 7.07. The fraction of sp³-hybridized carbons (Fsp3) is 0.471. The summed E-state index contributed by atoms with van der Waals surface area (Å²) in [6, 6.07) is 0. The second kappa shape index (κ2) is 6.55. The molecule has 0 amide bonds. The van der Waals surface area contributed by atoms with E-state index in [0.29, 0.717) is 0 Å². The molecule has 1 rings (SSSR count). The van der Waals surface area contributed by atoms with Crippen LogP contribution < -0.4 is 10.6 Å². The van der Waals surface area contributed by atoms with Crippen molar-refractivity contribution in [2.24, 2.45) is 0 Å². The molecule has 1 aromatic rings. The fourth-order valence-electron chi connectivity index (χ4n) is 2.35. The second-order valence-electron chi connectivity index (χ2n) is 4.96. The highest BCUT2D eigenvalue weighted by atomic mass is 15.1. The average Bonchev–Trinajstić information content (AvgIpc) is 2.40. The normalized spacial score (nSPS) is 12.9. The van der Waals surface area contributed by atoms with Gasteiger partial charge in [-0.2, -0.15) is 0 Å². The third-order valence-corrected chi connectivity index (χ3v) is 3.67. The summed E-state index contributed by atoms with van der Waals surface area (Å²) in [6.45, 7) is 15.7. The Morgan fingerprint density at radius 2 is 1.95 bits per heavy atom. The van der Waals surface area contributed by atoms with Crippen LogP contribution in [-0.2, 0) is 0 Å². The van der Waals surface area contributed by atoms with Crippen molar-refractivity contribution in [3.05, 3.63) is 33.5 Å². The molecule has 0 radical (unpaired) electrons. The van der Waals surface area contributed by atoms with E-state index in [1.807, 2.05) is 13.0 Å². The van der Waals surface area contributed by atoms with Gasteiger partial charge >= 0.3 is 0 Å². The van der Waals surface area contributed by atoms with Gasteiger partial charge in [0.25, 0.3) is 0 Å². The van der Waals surface area contributed by atoms with Crippen molar-refractivity contribution in [1.82, 2.24) is 9.88 Å². The molecule has 0 N–H and O–H groups in total. The Bertz CT molecular complexity index is 588. The van der Waals surface area contributed by atoms with Crippen LogP contribution in [0.25, 0.3) is 18.4 Å². The van der Waals surface area contributed by atoms with Gasteiger partial charge in [0.05, 0.1) is 16.7 Å². The molecule has 0 saturated heterocycles. The Balaban J connectivity index is 0.00000361. The summed E-state index contributed by atoms with van der Waals surface area (Å²) >= 11 is 0. The number of hydrogen-bond donors (Lipinski definition) is 0. The Morgan fingerprint density at radius 3 is 2.42 bits per heavy atom. The van der Waals surface area contributed by atoms with E-state index in [1.165, 1.54) is 16.8 Å². The van der Waals surface area contributed by atoms with Crippen LogP contribution in [0.3, 0.4) is 0 Å². The molecule has 1 heterocycles. The predicted octanol–water partition coefficient (Wildman–Crippen LogP) is 2.86. The lowest BCUT2D eigenvalue weighted by Gasteiger charge is -2.23. The third kappa shape index (κ3) is 3.06. The molecule has 106 valence electrons. The zero-order valence-electron chi connectivity index (χ0n) is 13.2. The van der Waals surface area contributed by atoms with Crippen LogP contribution in [0.1, 0.15) is 45.4 Å². The van der Waals surface area contributed by atoms with E-state index in [2.05, 4.69) is 52.3 Å². The van der Waals surface area contributed by atoms with Crippen LogP contribution in [0, 0.1) is 13.8 Å². The number of hydrogen-bond acceptors (Lipinski definition) is 2. The molecule has 0 spiro atoms. The summed E-state index contributed by atoms with van der Waals surface area (Å²) in [5.41, 5.74) is 4.75. The zero-order valence-corrected chi connectivity index (χ0v) is 13.2. The van der Waals surface area contributed by atoms with Gasteiger partial charge in [-0.15, -0.1) is 0 Å². The van der Waals surface area contributed by atoms with E-state index in [0.717, 1.165) is 29.2 Å². The van der Waals surface area contributed by atoms with Crippen LogP contribution in [0.5, 0.6) is 0 Å².